The van der Waals surface area contributed by atoms with Gasteiger partial charge in [0.25, 0.3) is 0 Å². The molecule has 0 aliphatic carbocycles. The summed E-state index contributed by atoms with van der Waals surface area (Å²) >= 11 is 7.05. The molecule has 1 heterocycles. The van der Waals surface area contributed by atoms with Gasteiger partial charge in [0.05, 0.1) is 24.0 Å². The zero-order chi connectivity index (χ0) is 14.0. The van der Waals surface area contributed by atoms with Gasteiger partial charge in [0.2, 0.25) is 0 Å². The van der Waals surface area contributed by atoms with Crippen molar-refractivity contribution in [2.75, 3.05) is 5.32 Å². The minimum Gasteiger partial charge on any atom is -0.377 e. The number of benzene rings is 1. The fourth-order valence-electron chi connectivity index (χ4n) is 1.55. The lowest BCUT2D eigenvalue weighted by Crippen LogP contribution is -2.22. The monoisotopic (exact) mass is 386 g/mol. The van der Waals surface area contributed by atoms with Crippen LogP contribution in [0.25, 0.3) is 0 Å². The molecule has 0 aliphatic heterocycles. The number of hydrogen-bond acceptors (Lipinski definition) is 3. The van der Waals surface area contributed by atoms with E-state index in [0.717, 1.165) is 20.3 Å². The molecule has 19 heavy (non-hydrogen) atoms. The van der Waals surface area contributed by atoms with Gasteiger partial charge in [-0.1, -0.05) is 11.3 Å². The number of anilines is 1. The number of nitrogens with one attached hydrogen (secondary N) is 1. The highest BCUT2D eigenvalue weighted by molar-refractivity contribution is 9.11. The molecule has 0 radical (unpaired) electrons. The van der Waals surface area contributed by atoms with Crippen LogP contribution >= 0.6 is 31.9 Å². The van der Waals surface area contributed by atoms with Crippen molar-refractivity contribution in [3.05, 3.63) is 39.0 Å². The van der Waals surface area contributed by atoms with Crippen molar-refractivity contribution in [2.45, 2.75) is 32.9 Å². The summed E-state index contributed by atoms with van der Waals surface area (Å²) in [5, 5.41) is 11.7. The first-order chi connectivity index (χ1) is 8.88. The largest absolute Gasteiger partial charge is 0.377 e. The summed E-state index contributed by atoms with van der Waals surface area (Å²) < 4.78 is 3.91. The second kappa shape index (κ2) is 5.63. The molecule has 0 unspecified atom stereocenters. The van der Waals surface area contributed by atoms with E-state index >= 15 is 0 Å². The number of nitrogens with zero attached hydrogens (tertiary/aromatic N) is 3. The number of hydrogen-bond donors (Lipinski definition) is 1. The van der Waals surface area contributed by atoms with Gasteiger partial charge in [-0.2, -0.15) is 0 Å². The molecule has 102 valence electrons. The Bertz CT molecular complexity index is 552. The van der Waals surface area contributed by atoms with E-state index in [-0.39, 0.29) is 5.54 Å². The Morgan fingerprint density at radius 1 is 1.21 bits per heavy atom. The molecule has 1 aromatic carbocycles. The van der Waals surface area contributed by atoms with Gasteiger partial charge in [-0.05, 0) is 64.8 Å². The summed E-state index contributed by atoms with van der Waals surface area (Å²) in [6.45, 7) is 6.94. The normalized spacial score (nSPS) is 11.6. The highest BCUT2D eigenvalue weighted by Gasteiger charge is 2.15. The molecular weight excluding hydrogens is 372 g/mol. The van der Waals surface area contributed by atoms with E-state index in [1.165, 1.54) is 0 Å². The average Bonchev–Trinajstić information content (AvgIpc) is 2.77. The Kier molecular flexibility index (Phi) is 4.30. The summed E-state index contributed by atoms with van der Waals surface area (Å²) in [5.74, 6) is 0. The molecule has 1 N–H and O–H groups in total. The van der Waals surface area contributed by atoms with E-state index in [9.17, 15) is 0 Å². The van der Waals surface area contributed by atoms with E-state index in [0.29, 0.717) is 6.54 Å². The molecule has 0 fully saturated rings. The van der Waals surface area contributed by atoms with Crippen LogP contribution in [0, 0.1) is 0 Å². The maximum atomic E-state index is 4.18. The van der Waals surface area contributed by atoms with Gasteiger partial charge in [0.15, 0.2) is 0 Å². The predicted molar refractivity (Wildman–Crippen MR) is 84.2 cm³/mol. The molecule has 0 aliphatic rings. The topological polar surface area (TPSA) is 42.7 Å². The first kappa shape index (κ1) is 14.5. The Labute approximate surface area is 129 Å². The number of aromatic nitrogens is 3. The lowest BCUT2D eigenvalue weighted by Gasteiger charge is -2.17. The van der Waals surface area contributed by atoms with Crippen molar-refractivity contribution in [3.8, 4) is 0 Å². The minimum atomic E-state index is -0.0425. The summed E-state index contributed by atoms with van der Waals surface area (Å²) in [6, 6.07) is 5.98. The molecular formula is C13H16Br2N4. The minimum absolute atomic E-state index is 0.0425. The van der Waals surface area contributed by atoms with Crippen LogP contribution in [0.5, 0.6) is 0 Å². The second-order valence-corrected chi connectivity index (χ2v) is 6.98. The average molecular weight is 388 g/mol. The Balaban J connectivity index is 2.09. The maximum Gasteiger partial charge on any atom is 0.102 e. The summed E-state index contributed by atoms with van der Waals surface area (Å²) in [4.78, 5) is 0. The summed E-state index contributed by atoms with van der Waals surface area (Å²) in [5.41, 5.74) is 1.89. The van der Waals surface area contributed by atoms with Crippen LogP contribution in [-0.4, -0.2) is 15.0 Å². The highest BCUT2D eigenvalue weighted by atomic mass is 79.9. The van der Waals surface area contributed by atoms with E-state index in [2.05, 4.69) is 68.3 Å². The van der Waals surface area contributed by atoms with Crippen molar-refractivity contribution >= 4 is 37.5 Å². The molecule has 0 saturated carbocycles. The van der Waals surface area contributed by atoms with E-state index in [1.807, 2.05) is 29.1 Å². The molecule has 0 bridgehead atoms. The molecule has 0 amide bonds. The number of para-hydroxylation sites is 1. The van der Waals surface area contributed by atoms with Gasteiger partial charge < -0.3 is 5.32 Å². The van der Waals surface area contributed by atoms with Crippen LogP contribution in [0.1, 0.15) is 26.5 Å². The van der Waals surface area contributed by atoms with Crippen LogP contribution in [0.3, 0.4) is 0 Å². The second-order valence-electron chi connectivity index (χ2n) is 5.28. The van der Waals surface area contributed by atoms with Gasteiger partial charge in [-0.25, -0.2) is 4.68 Å². The van der Waals surface area contributed by atoms with Gasteiger partial charge in [-0.15, -0.1) is 5.10 Å². The van der Waals surface area contributed by atoms with E-state index < -0.39 is 0 Å². The zero-order valence-corrected chi connectivity index (χ0v) is 14.3. The SMILES string of the molecule is CC(C)(C)n1cc(CNc2c(Br)cccc2Br)nn1. The number of halogens is 2. The molecule has 2 aromatic rings. The fourth-order valence-corrected chi connectivity index (χ4v) is 2.83. The first-order valence-corrected chi connectivity index (χ1v) is 7.56. The zero-order valence-electron chi connectivity index (χ0n) is 11.1. The lowest BCUT2D eigenvalue weighted by molar-refractivity contribution is 0.347. The van der Waals surface area contributed by atoms with Crippen molar-refractivity contribution < 1.29 is 0 Å². The molecule has 0 saturated heterocycles. The van der Waals surface area contributed by atoms with Crippen molar-refractivity contribution in [3.63, 3.8) is 0 Å². The molecule has 2 rings (SSSR count). The molecule has 6 heteroatoms. The Morgan fingerprint density at radius 2 is 1.84 bits per heavy atom. The summed E-state index contributed by atoms with van der Waals surface area (Å²) in [6.07, 6.45) is 1.97. The van der Waals surface area contributed by atoms with Gasteiger partial charge >= 0.3 is 0 Å². The van der Waals surface area contributed by atoms with Crippen molar-refractivity contribution in [1.29, 1.82) is 0 Å². The van der Waals surface area contributed by atoms with Crippen LogP contribution in [0.4, 0.5) is 5.69 Å². The van der Waals surface area contributed by atoms with Crippen molar-refractivity contribution in [2.24, 2.45) is 0 Å². The van der Waals surface area contributed by atoms with E-state index in [4.69, 9.17) is 0 Å². The van der Waals surface area contributed by atoms with Crippen LogP contribution < -0.4 is 5.32 Å². The third-order valence-corrected chi connectivity index (χ3v) is 3.96. The highest BCUT2D eigenvalue weighted by Crippen LogP contribution is 2.30. The number of rotatable bonds is 3. The quantitative estimate of drug-likeness (QED) is 0.859. The van der Waals surface area contributed by atoms with Crippen LogP contribution in [0.15, 0.2) is 33.3 Å². The lowest BCUT2D eigenvalue weighted by atomic mass is 10.1. The van der Waals surface area contributed by atoms with Crippen LogP contribution in [-0.2, 0) is 12.1 Å². The van der Waals surface area contributed by atoms with Gasteiger partial charge in [-0.3, -0.25) is 0 Å². The predicted octanol–water partition coefficient (Wildman–Crippen LogP) is 4.17. The van der Waals surface area contributed by atoms with Gasteiger partial charge in [0.1, 0.15) is 5.69 Å². The van der Waals surface area contributed by atoms with E-state index in [1.54, 1.807) is 0 Å². The summed E-state index contributed by atoms with van der Waals surface area (Å²) in [7, 11) is 0. The van der Waals surface area contributed by atoms with Crippen molar-refractivity contribution in [1.82, 2.24) is 15.0 Å². The third-order valence-electron chi connectivity index (χ3n) is 2.64. The molecule has 0 spiro atoms. The molecule has 0 atom stereocenters. The molecule has 4 nitrogen and oxygen atoms in total. The third kappa shape index (κ3) is 3.57. The molecule has 1 aromatic heterocycles. The van der Waals surface area contributed by atoms with Gasteiger partial charge in [0, 0.05) is 8.95 Å². The Hall–Kier alpha value is -0.880. The fraction of sp³-hybridized carbons (Fsp3) is 0.385. The smallest absolute Gasteiger partial charge is 0.102 e. The van der Waals surface area contributed by atoms with Crippen LogP contribution in [0.2, 0.25) is 0 Å². The maximum absolute atomic E-state index is 4.18. The Morgan fingerprint density at radius 3 is 2.37 bits per heavy atom. The first-order valence-electron chi connectivity index (χ1n) is 5.97. The standard InChI is InChI=1S/C13H16Br2N4/c1-13(2,3)19-8-9(17-18-19)7-16-12-10(14)5-4-6-11(12)15/h4-6,8,16H,7H2,1-3H3.